The minimum atomic E-state index is -0.584. The molecule has 0 saturated carbocycles. The monoisotopic (exact) mass is 531 g/mol. The maximum atomic E-state index is 14.2. The largest absolute Gasteiger partial charge is 0.490 e. The molecule has 180 valence electrons. The van der Waals surface area contributed by atoms with Crippen LogP contribution in [-0.4, -0.2) is 22.7 Å². The summed E-state index contributed by atoms with van der Waals surface area (Å²) in [7, 11) is 0. The molecule has 1 aliphatic rings. The summed E-state index contributed by atoms with van der Waals surface area (Å²) in [6, 6.07) is 17.2. The molecule has 0 atom stereocenters. The number of thioether (sulfide) groups is 1. The van der Waals surface area contributed by atoms with Crippen LogP contribution in [0.2, 0.25) is 10.0 Å². The van der Waals surface area contributed by atoms with Crippen molar-refractivity contribution in [3.05, 3.63) is 98.1 Å². The van der Waals surface area contributed by atoms with E-state index in [2.05, 4.69) is 0 Å². The third-order valence-corrected chi connectivity index (χ3v) is 6.65. The summed E-state index contributed by atoms with van der Waals surface area (Å²) >= 11 is 13.3. The molecule has 5 nitrogen and oxygen atoms in total. The van der Waals surface area contributed by atoms with Gasteiger partial charge in [0.25, 0.3) is 11.1 Å². The first-order valence-corrected chi connectivity index (χ1v) is 12.3. The van der Waals surface area contributed by atoms with Crippen molar-refractivity contribution in [3.8, 4) is 11.5 Å². The molecule has 0 N–H and O–H groups in total. The van der Waals surface area contributed by atoms with Gasteiger partial charge in [-0.2, -0.15) is 0 Å². The second-order valence-corrected chi connectivity index (χ2v) is 9.31. The van der Waals surface area contributed by atoms with E-state index in [1.165, 1.54) is 18.2 Å². The number of hydrogen-bond donors (Lipinski definition) is 0. The van der Waals surface area contributed by atoms with Crippen LogP contribution in [0, 0.1) is 5.82 Å². The summed E-state index contributed by atoms with van der Waals surface area (Å²) in [4.78, 5) is 26.6. The molecule has 1 aliphatic heterocycles. The van der Waals surface area contributed by atoms with E-state index in [0.717, 1.165) is 22.2 Å². The first kappa shape index (κ1) is 25.1. The Morgan fingerprint density at radius 3 is 2.49 bits per heavy atom. The van der Waals surface area contributed by atoms with Gasteiger partial charge in [0.05, 0.1) is 23.1 Å². The molecule has 0 aliphatic carbocycles. The molecule has 1 saturated heterocycles. The lowest BCUT2D eigenvalue weighted by Crippen LogP contribution is -2.28. The van der Waals surface area contributed by atoms with E-state index in [9.17, 15) is 14.0 Å². The van der Waals surface area contributed by atoms with Crippen molar-refractivity contribution in [3.63, 3.8) is 0 Å². The quantitative estimate of drug-likeness (QED) is 0.284. The van der Waals surface area contributed by atoms with E-state index in [0.29, 0.717) is 35.3 Å². The van der Waals surface area contributed by atoms with E-state index in [1.54, 1.807) is 18.2 Å². The highest BCUT2D eigenvalue weighted by molar-refractivity contribution is 8.18. The lowest BCUT2D eigenvalue weighted by Gasteiger charge is -2.15. The van der Waals surface area contributed by atoms with Crippen molar-refractivity contribution in [2.24, 2.45) is 0 Å². The van der Waals surface area contributed by atoms with E-state index in [1.807, 2.05) is 37.3 Å². The Labute approximate surface area is 216 Å². The molecule has 9 heteroatoms. The fourth-order valence-corrected chi connectivity index (χ4v) is 4.77. The van der Waals surface area contributed by atoms with Crippen LogP contribution in [0.1, 0.15) is 23.6 Å². The normalized spacial score (nSPS) is 14.6. The molecular formula is C26H20Cl2FNO4S. The first-order chi connectivity index (χ1) is 16.9. The van der Waals surface area contributed by atoms with E-state index in [-0.39, 0.29) is 22.0 Å². The van der Waals surface area contributed by atoms with Gasteiger partial charge in [0.15, 0.2) is 11.5 Å². The summed E-state index contributed by atoms with van der Waals surface area (Å²) in [6.07, 6.45) is 1.54. The summed E-state index contributed by atoms with van der Waals surface area (Å²) in [5.41, 5.74) is 1.61. The zero-order valence-electron chi connectivity index (χ0n) is 18.6. The van der Waals surface area contributed by atoms with Crippen molar-refractivity contribution in [2.75, 3.05) is 6.61 Å². The summed E-state index contributed by atoms with van der Waals surface area (Å²) in [6.45, 7) is 2.25. The molecule has 0 spiro atoms. The summed E-state index contributed by atoms with van der Waals surface area (Å²) < 4.78 is 25.8. The lowest BCUT2D eigenvalue weighted by atomic mass is 10.1. The summed E-state index contributed by atoms with van der Waals surface area (Å²) in [5, 5.41) is -0.0673. The fraction of sp³-hybridized carbons (Fsp3) is 0.154. The maximum Gasteiger partial charge on any atom is 0.293 e. The Bertz CT molecular complexity index is 1280. The number of carbonyl (C=O) groups is 2. The number of halogens is 3. The van der Waals surface area contributed by atoms with Crippen LogP contribution < -0.4 is 9.47 Å². The standard InChI is InChI=1S/C26H20Cl2FNO4S/c1-2-33-22-12-17(11-20(28)24(22)34-15-16-7-4-3-5-8-16)13-23-25(31)30(26(32)35-23)14-18-19(27)9-6-10-21(18)29/h3-13H,2,14-15H2,1H3/b23-13-. The maximum absolute atomic E-state index is 14.2. The zero-order valence-corrected chi connectivity index (χ0v) is 20.9. The molecule has 0 aromatic heterocycles. The van der Waals surface area contributed by atoms with Gasteiger partial charge < -0.3 is 9.47 Å². The number of nitrogens with zero attached hydrogens (tertiary/aromatic N) is 1. The minimum absolute atomic E-state index is 0.0827. The molecule has 0 unspecified atom stereocenters. The Kier molecular flexibility index (Phi) is 8.00. The van der Waals surface area contributed by atoms with Gasteiger partial charge in [-0.3, -0.25) is 14.5 Å². The van der Waals surface area contributed by atoms with Gasteiger partial charge >= 0.3 is 0 Å². The second-order valence-electron chi connectivity index (χ2n) is 7.51. The lowest BCUT2D eigenvalue weighted by molar-refractivity contribution is -0.123. The molecule has 0 radical (unpaired) electrons. The topological polar surface area (TPSA) is 55.8 Å². The molecule has 0 bridgehead atoms. The highest BCUT2D eigenvalue weighted by atomic mass is 35.5. The number of hydrogen-bond acceptors (Lipinski definition) is 5. The van der Waals surface area contributed by atoms with Crippen LogP contribution in [0.25, 0.3) is 6.08 Å². The van der Waals surface area contributed by atoms with Crippen LogP contribution in [0.5, 0.6) is 11.5 Å². The van der Waals surface area contributed by atoms with Crippen molar-refractivity contribution in [1.82, 2.24) is 4.90 Å². The second kappa shape index (κ2) is 11.2. The number of imide groups is 1. The smallest absolute Gasteiger partial charge is 0.293 e. The fourth-order valence-electron chi connectivity index (χ4n) is 3.43. The minimum Gasteiger partial charge on any atom is -0.490 e. The SMILES string of the molecule is CCOc1cc(/C=C2\SC(=O)N(Cc3c(F)cccc3Cl)C2=O)cc(Cl)c1OCc1ccccc1. The molecule has 1 heterocycles. The predicted octanol–water partition coefficient (Wildman–Crippen LogP) is 7.35. The van der Waals surface area contributed by atoms with Gasteiger partial charge in [0.2, 0.25) is 0 Å². The first-order valence-electron chi connectivity index (χ1n) is 10.7. The average molecular weight is 532 g/mol. The summed E-state index contributed by atoms with van der Waals surface area (Å²) in [5.74, 6) is -0.325. The van der Waals surface area contributed by atoms with E-state index >= 15 is 0 Å². The van der Waals surface area contributed by atoms with Crippen LogP contribution >= 0.6 is 35.0 Å². The van der Waals surface area contributed by atoms with E-state index < -0.39 is 17.0 Å². The number of rotatable bonds is 8. The van der Waals surface area contributed by atoms with Crippen molar-refractivity contribution < 1.29 is 23.5 Å². The number of benzene rings is 3. The Hall–Kier alpha value is -3.00. The molecule has 35 heavy (non-hydrogen) atoms. The molecule has 3 aromatic carbocycles. The number of carbonyl (C=O) groups excluding carboxylic acids is 2. The van der Waals surface area contributed by atoms with Gasteiger partial charge in [-0.05, 0) is 60.2 Å². The Balaban J connectivity index is 1.57. The molecule has 1 fully saturated rings. The van der Waals surface area contributed by atoms with Gasteiger partial charge in [0, 0.05) is 10.6 Å². The number of ether oxygens (including phenoxy) is 2. The van der Waals surface area contributed by atoms with Crippen molar-refractivity contribution in [1.29, 1.82) is 0 Å². The van der Waals surface area contributed by atoms with Gasteiger partial charge in [-0.15, -0.1) is 0 Å². The highest BCUT2D eigenvalue weighted by Crippen LogP contribution is 2.40. The highest BCUT2D eigenvalue weighted by Gasteiger charge is 2.36. The van der Waals surface area contributed by atoms with Crippen molar-refractivity contribution in [2.45, 2.75) is 20.1 Å². The zero-order chi connectivity index (χ0) is 24.9. The van der Waals surface area contributed by atoms with Crippen LogP contribution in [0.3, 0.4) is 0 Å². The van der Waals surface area contributed by atoms with E-state index in [4.69, 9.17) is 32.7 Å². The molecular weight excluding hydrogens is 512 g/mol. The van der Waals surface area contributed by atoms with Crippen molar-refractivity contribution >= 4 is 52.2 Å². The molecule has 2 amide bonds. The predicted molar refractivity (Wildman–Crippen MR) is 136 cm³/mol. The average Bonchev–Trinajstić information content (AvgIpc) is 3.09. The van der Waals surface area contributed by atoms with Gasteiger partial charge in [-0.1, -0.05) is 59.6 Å². The van der Waals surface area contributed by atoms with Crippen LogP contribution in [0.4, 0.5) is 9.18 Å². The number of amides is 2. The third kappa shape index (κ3) is 5.81. The third-order valence-electron chi connectivity index (χ3n) is 5.11. The molecule has 4 rings (SSSR count). The Morgan fingerprint density at radius 1 is 1.00 bits per heavy atom. The van der Waals surface area contributed by atoms with Crippen LogP contribution in [-0.2, 0) is 17.9 Å². The van der Waals surface area contributed by atoms with Gasteiger partial charge in [0.1, 0.15) is 12.4 Å². The Morgan fingerprint density at radius 2 is 1.77 bits per heavy atom. The molecule has 3 aromatic rings. The van der Waals surface area contributed by atoms with Crippen LogP contribution in [0.15, 0.2) is 65.6 Å². The van der Waals surface area contributed by atoms with Gasteiger partial charge in [-0.25, -0.2) is 4.39 Å².